The second kappa shape index (κ2) is 6.22. The van der Waals surface area contributed by atoms with Crippen LogP contribution >= 0.6 is 0 Å². The highest BCUT2D eigenvalue weighted by molar-refractivity contribution is 5.77. The minimum atomic E-state index is -0.254. The molecule has 0 fully saturated rings. The maximum atomic E-state index is 11.9. The van der Waals surface area contributed by atoms with Gasteiger partial charge in [0.05, 0.1) is 12.5 Å². The fourth-order valence-corrected chi connectivity index (χ4v) is 2.76. The molecule has 1 unspecified atom stereocenters. The van der Waals surface area contributed by atoms with Crippen LogP contribution in [-0.2, 0) is 22.4 Å². The first-order valence-electron chi connectivity index (χ1n) is 7.74. The second-order valence-electron chi connectivity index (χ2n) is 5.55. The minimum Gasteiger partial charge on any atom is -0.466 e. The Labute approximate surface area is 130 Å². The molecule has 3 heteroatoms. The number of benzene rings is 2. The Balaban J connectivity index is 1.88. The molecular formula is C19H20O3. The van der Waals surface area contributed by atoms with Gasteiger partial charge in [0.25, 0.3) is 0 Å². The van der Waals surface area contributed by atoms with Crippen LogP contribution < -0.4 is 4.74 Å². The molecule has 0 spiro atoms. The zero-order chi connectivity index (χ0) is 15.5. The van der Waals surface area contributed by atoms with E-state index in [1.165, 1.54) is 5.56 Å². The van der Waals surface area contributed by atoms with E-state index in [2.05, 4.69) is 12.1 Å². The lowest BCUT2D eigenvalue weighted by molar-refractivity contribution is -0.144. The highest BCUT2D eigenvalue weighted by atomic mass is 16.5. The summed E-state index contributed by atoms with van der Waals surface area (Å²) in [6, 6.07) is 14.1. The van der Waals surface area contributed by atoms with Crippen molar-refractivity contribution in [2.24, 2.45) is 0 Å². The standard InChI is InChI=1S/C19H20O3/c1-3-21-19(20)13(2)15-10-11-18-16(12-15)9-8-14-6-4-5-7-17(14)22-18/h4-7,10-13H,3,8-9H2,1-2H3. The Kier molecular flexibility index (Phi) is 4.14. The molecule has 1 aliphatic heterocycles. The van der Waals surface area contributed by atoms with Crippen LogP contribution in [0.1, 0.15) is 36.5 Å². The molecule has 0 aromatic heterocycles. The Bertz CT molecular complexity index is 691. The van der Waals surface area contributed by atoms with Gasteiger partial charge in [0, 0.05) is 0 Å². The van der Waals surface area contributed by atoms with E-state index in [0.29, 0.717) is 6.61 Å². The largest absolute Gasteiger partial charge is 0.466 e. The van der Waals surface area contributed by atoms with Crippen LogP contribution in [0.3, 0.4) is 0 Å². The van der Waals surface area contributed by atoms with Gasteiger partial charge in [-0.1, -0.05) is 30.3 Å². The van der Waals surface area contributed by atoms with Crippen LogP contribution in [0, 0.1) is 0 Å². The zero-order valence-corrected chi connectivity index (χ0v) is 13.0. The molecule has 0 bridgehead atoms. The average molecular weight is 296 g/mol. The van der Waals surface area contributed by atoms with Crippen LogP contribution in [0.2, 0.25) is 0 Å². The third-order valence-corrected chi connectivity index (χ3v) is 4.08. The summed E-state index contributed by atoms with van der Waals surface area (Å²) >= 11 is 0. The van der Waals surface area contributed by atoms with Crippen LogP contribution in [0.15, 0.2) is 42.5 Å². The van der Waals surface area contributed by atoms with Crippen molar-refractivity contribution in [2.75, 3.05) is 6.61 Å². The van der Waals surface area contributed by atoms with Crippen LogP contribution in [0.4, 0.5) is 0 Å². The first-order valence-corrected chi connectivity index (χ1v) is 7.74. The molecule has 3 nitrogen and oxygen atoms in total. The lowest BCUT2D eigenvalue weighted by atomic mass is 9.96. The molecule has 22 heavy (non-hydrogen) atoms. The number of esters is 1. The van der Waals surface area contributed by atoms with E-state index in [1.54, 1.807) is 0 Å². The Hall–Kier alpha value is -2.29. The van der Waals surface area contributed by atoms with Crippen molar-refractivity contribution in [1.29, 1.82) is 0 Å². The predicted octanol–water partition coefficient (Wildman–Crippen LogP) is 4.24. The first kappa shape index (κ1) is 14.6. The summed E-state index contributed by atoms with van der Waals surface area (Å²) < 4.78 is 11.1. The molecule has 114 valence electrons. The van der Waals surface area contributed by atoms with Gasteiger partial charge >= 0.3 is 5.97 Å². The lowest BCUT2D eigenvalue weighted by Gasteiger charge is -2.14. The van der Waals surface area contributed by atoms with E-state index in [-0.39, 0.29) is 11.9 Å². The van der Waals surface area contributed by atoms with Crippen molar-refractivity contribution in [2.45, 2.75) is 32.6 Å². The molecule has 2 aromatic carbocycles. The summed E-state index contributed by atoms with van der Waals surface area (Å²) in [7, 11) is 0. The van der Waals surface area contributed by atoms with Crippen LogP contribution in [0.5, 0.6) is 11.5 Å². The van der Waals surface area contributed by atoms with Gasteiger partial charge in [-0.2, -0.15) is 0 Å². The van der Waals surface area contributed by atoms with Gasteiger partial charge in [-0.3, -0.25) is 4.79 Å². The Morgan fingerprint density at radius 1 is 1.14 bits per heavy atom. The topological polar surface area (TPSA) is 35.5 Å². The van der Waals surface area contributed by atoms with Crippen molar-refractivity contribution in [1.82, 2.24) is 0 Å². The molecule has 1 aliphatic rings. The van der Waals surface area contributed by atoms with Crippen molar-refractivity contribution >= 4 is 5.97 Å². The molecule has 0 saturated heterocycles. The maximum Gasteiger partial charge on any atom is 0.313 e. The number of carbonyl (C=O) groups is 1. The molecule has 1 atom stereocenters. The van der Waals surface area contributed by atoms with Gasteiger partial charge in [0.15, 0.2) is 0 Å². The number of ether oxygens (including phenoxy) is 2. The summed E-state index contributed by atoms with van der Waals surface area (Å²) in [6.07, 6.45) is 1.86. The van der Waals surface area contributed by atoms with Crippen molar-refractivity contribution in [3.05, 3.63) is 59.2 Å². The van der Waals surface area contributed by atoms with Gasteiger partial charge in [-0.25, -0.2) is 0 Å². The number of para-hydroxylation sites is 1. The lowest BCUT2D eigenvalue weighted by Crippen LogP contribution is -2.13. The second-order valence-corrected chi connectivity index (χ2v) is 5.55. The van der Waals surface area contributed by atoms with E-state index < -0.39 is 0 Å². The summed E-state index contributed by atoms with van der Waals surface area (Å²) in [5.74, 6) is 1.37. The van der Waals surface area contributed by atoms with Gasteiger partial charge in [0.2, 0.25) is 0 Å². The number of fused-ring (bicyclic) bond motifs is 2. The fourth-order valence-electron chi connectivity index (χ4n) is 2.76. The smallest absolute Gasteiger partial charge is 0.313 e. The number of aryl methyl sites for hydroxylation is 2. The molecule has 0 amide bonds. The molecule has 3 rings (SSSR count). The van der Waals surface area contributed by atoms with Gasteiger partial charge in [-0.05, 0) is 55.5 Å². The Morgan fingerprint density at radius 2 is 1.86 bits per heavy atom. The SMILES string of the molecule is CCOC(=O)C(C)c1ccc2c(c1)CCc1ccccc1O2. The number of hydrogen-bond acceptors (Lipinski definition) is 3. The van der Waals surface area contributed by atoms with Crippen molar-refractivity contribution < 1.29 is 14.3 Å². The first-order chi connectivity index (χ1) is 10.7. The number of rotatable bonds is 3. The van der Waals surface area contributed by atoms with Gasteiger partial charge in [-0.15, -0.1) is 0 Å². The highest BCUT2D eigenvalue weighted by Gasteiger charge is 2.20. The monoisotopic (exact) mass is 296 g/mol. The van der Waals surface area contributed by atoms with Gasteiger partial charge in [0.1, 0.15) is 11.5 Å². The zero-order valence-electron chi connectivity index (χ0n) is 13.0. The van der Waals surface area contributed by atoms with E-state index >= 15 is 0 Å². The van der Waals surface area contributed by atoms with Crippen LogP contribution in [0.25, 0.3) is 0 Å². The molecule has 0 aliphatic carbocycles. The van der Waals surface area contributed by atoms with E-state index in [1.807, 2.05) is 44.2 Å². The number of carbonyl (C=O) groups excluding carboxylic acids is 1. The molecule has 1 heterocycles. The maximum absolute atomic E-state index is 11.9. The average Bonchev–Trinajstić information content (AvgIpc) is 2.72. The quantitative estimate of drug-likeness (QED) is 0.795. The molecule has 0 saturated carbocycles. The van der Waals surface area contributed by atoms with Gasteiger partial charge < -0.3 is 9.47 Å². The predicted molar refractivity (Wildman–Crippen MR) is 85.4 cm³/mol. The molecule has 0 radical (unpaired) electrons. The molecular weight excluding hydrogens is 276 g/mol. The third-order valence-electron chi connectivity index (χ3n) is 4.08. The normalized spacial score (nSPS) is 14.1. The van der Waals surface area contributed by atoms with E-state index in [9.17, 15) is 4.79 Å². The van der Waals surface area contributed by atoms with Crippen molar-refractivity contribution in [3.63, 3.8) is 0 Å². The fraction of sp³-hybridized carbons (Fsp3) is 0.316. The minimum absolute atomic E-state index is 0.180. The number of hydrogen-bond donors (Lipinski definition) is 0. The summed E-state index contributed by atoms with van der Waals surface area (Å²) in [4.78, 5) is 11.9. The molecule has 0 N–H and O–H groups in total. The third kappa shape index (κ3) is 2.84. The summed E-state index contributed by atoms with van der Waals surface area (Å²) in [6.45, 7) is 4.12. The van der Waals surface area contributed by atoms with E-state index in [4.69, 9.17) is 9.47 Å². The highest BCUT2D eigenvalue weighted by Crippen LogP contribution is 2.35. The summed E-state index contributed by atoms with van der Waals surface area (Å²) in [5, 5.41) is 0. The van der Waals surface area contributed by atoms with Crippen molar-refractivity contribution in [3.8, 4) is 11.5 Å². The summed E-state index contributed by atoms with van der Waals surface area (Å²) in [5.41, 5.74) is 3.34. The molecule has 2 aromatic rings. The van der Waals surface area contributed by atoms with Crippen LogP contribution in [-0.4, -0.2) is 12.6 Å². The Morgan fingerprint density at radius 3 is 2.68 bits per heavy atom. The van der Waals surface area contributed by atoms with E-state index in [0.717, 1.165) is 35.5 Å².